The maximum atomic E-state index is 12.3. The topological polar surface area (TPSA) is 220 Å². The van der Waals surface area contributed by atoms with Crippen molar-refractivity contribution in [2.75, 3.05) is 97.1 Å². The molecule has 0 spiro atoms. The van der Waals surface area contributed by atoms with Gasteiger partial charge >= 0.3 is 6.01 Å². The second-order valence-corrected chi connectivity index (χ2v) is 20.4. The minimum absolute atomic E-state index is 0.0433. The Morgan fingerprint density at radius 1 is 0.708 bits per heavy atom. The van der Waals surface area contributed by atoms with E-state index in [0.29, 0.717) is 55.7 Å². The Hall–Kier alpha value is -7.26. The second kappa shape index (κ2) is 20.1. The molecule has 3 saturated heterocycles. The first-order valence-corrected chi connectivity index (χ1v) is 25.5. The highest BCUT2D eigenvalue weighted by molar-refractivity contribution is 7.23. The van der Waals surface area contributed by atoms with Crippen LogP contribution in [0.3, 0.4) is 0 Å². The van der Waals surface area contributed by atoms with Gasteiger partial charge in [0, 0.05) is 79.1 Å². The average Bonchev–Trinajstić information content (AvgIpc) is 4.24. The van der Waals surface area contributed by atoms with Crippen LogP contribution in [0.4, 0.5) is 17.6 Å². The molecule has 9 heterocycles. The molecule has 3 aliphatic heterocycles. The van der Waals surface area contributed by atoms with Crippen molar-refractivity contribution >= 4 is 94.3 Å². The molecular formula is C52H58N12O6S2. The molecule has 0 radical (unpaired) electrons. The number of nitrogen functional groups attached to an aromatic ring is 3. The van der Waals surface area contributed by atoms with Crippen molar-refractivity contribution < 1.29 is 28.5 Å². The number of ether oxygens (including phenoxy) is 4. The van der Waals surface area contributed by atoms with Gasteiger partial charge in [0.2, 0.25) is 17.8 Å². The van der Waals surface area contributed by atoms with Crippen LogP contribution >= 0.6 is 22.7 Å². The molecule has 0 bridgehead atoms. The Morgan fingerprint density at radius 3 is 1.71 bits per heavy atom. The number of carbonyl (C=O) groups excluding carboxylic acids is 2. The van der Waals surface area contributed by atoms with E-state index in [1.54, 1.807) is 41.8 Å². The monoisotopic (exact) mass is 1010 g/mol. The number of thiophene rings is 2. The number of benzene rings is 2. The number of carbonyl (C=O) groups is 2. The molecule has 2 aromatic carbocycles. The molecule has 72 heavy (non-hydrogen) atoms. The van der Waals surface area contributed by atoms with E-state index in [9.17, 15) is 9.59 Å². The van der Waals surface area contributed by atoms with Crippen LogP contribution in [0.5, 0.6) is 17.5 Å². The van der Waals surface area contributed by atoms with Crippen LogP contribution in [0, 0.1) is 13.8 Å². The van der Waals surface area contributed by atoms with Gasteiger partial charge in [0.1, 0.15) is 41.0 Å². The summed E-state index contributed by atoms with van der Waals surface area (Å²) in [6.45, 7) is 18.3. The van der Waals surface area contributed by atoms with Crippen LogP contribution in [-0.2, 0) is 14.3 Å². The first-order chi connectivity index (χ1) is 34.8. The predicted octanol–water partition coefficient (Wildman–Crippen LogP) is 7.64. The summed E-state index contributed by atoms with van der Waals surface area (Å²) in [5, 5.41) is 3.79. The average molecular weight is 1010 g/mol. The minimum Gasteiger partial charge on any atom is -0.495 e. The fourth-order valence-electron chi connectivity index (χ4n) is 10.1. The maximum absolute atomic E-state index is 12.3. The molecule has 6 aromatic heterocycles. The zero-order valence-corrected chi connectivity index (χ0v) is 42.5. The lowest BCUT2D eigenvalue weighted by Gasteiger charge is -2.26. The lowest BCUT2D eigenvalue weighted by molar-refractivity contribution is -0.125. The Bertz CT molecular complexity index is 3410. The third-order valence-electron chi connectivity index (χ3n) is 13.6. The van der Waals surface area contributed by atoms with Gasteiger partial charge in [-0.3, -0.25) is 14.5 Å². The van der Waals surface area contributed by atoms with Crippen LogP contribution in [0.2, 0.25) is 0 Å². The number of aryl methyl sites for hydroxylation is 2. The first kappa shape index (κ1) is 48.4. The number of nitrogens with zero attached hydrogens (tertiary/aromatic N) is 9. The van der Waals surface area contributed by atoms with Crippen LogP contribution in [0.1, 0.15) is 36.1 Å². The third kappa shape index (κ3) is 9.26. The summed E-state index contributed by atoms with van der Waals surface area (Å²) in [5.41, 5.74) is 24.5. The van der Waals surface area contributed by atoms with E-state index in [2.05, 4.69) is 92.7 Å². The number of likely N-dealkylation sites (tertiary alicyclic amines) is 2. The lowest BCUT2D eigenvalue weighted by atomic mass is 10.1. The van der Waals surface area contributed by atoms with E-state index >= 15 is 0 Å². The summed E-state index contributed by atoms with van der Waals surface area (Å²) in [5.74, 6) is 2.42. The van der Waals surface area contributed by atoms with Gasteiger partial charge in [0.15, 0.2) is 0 Å². The number of anilines is 3. The molecule has 18 nitrogen and oxygen atoms in total. The summed E-state index contributed by atoms with van der Waals surface area (Å²) < 4.78 is 29.1. The van der Waals surface area contributed by atoms with Crippen molar-refractivity contribution in [1.29, 1.82) is 0 Å². The van der Waals surface area contributed by atoms with Crippen molar-refractivity contribution in [3.05, 3.63) is 85.2 Å². The van der Waals surface area contributed by atoms with Crippen molar-refractivity contribution in [2.24, 2.45) is 0 Å². The molecule has 2 amide bonds. The predicted molar refractivity (Wildman–Crippen MR) is 286 cm³/mol. The maximum Gasteiger partial charge on any atom is 0.320 e. The fourth-order valence-corrected chi connectivity index (χ4v) is 12.4. The molecular weight excluding hydrogens is 953 g/mol. The molecule has 20 heteroatoms. The van der Waals surface area contributed by atoms with Gasteiger partial charge in [-0.05, 0) is 85.0 Å². The highest BCUT2D eigenvalue weighted by Crippen LogP contribution is 2.46. The molecule has 6 N–H and O–H groups in total. The molecule has 0 saturated carbocycles. The number of hydrogen-bond donors (Lipinski definition) is 3. The van der Waals surface area contributed by atoms with E-state index in [0.717, 1.165) is 120 Å². The molecule has 2 unspecified atom stereocenters. The Labute approximate surface area is 424 Å². The van der Waals surface area contributed by atoms with Crippen LogP contribution in [0.15, 0.2) is 74.1 Å². The zero-order chi connectivity index (χ0) is 50.4. The standard InChI is InChI=1S/C29H34N6O4S.C23H24N6O2S/c1-4-24(36)34-6-5-20(16-34)35-17-21(23-15-19-13-18(2)14-22(37-3)26(19)40-23)25-27(30)31-29(32-28(25)35)39-12-9-33-7-10-38-11-8-33;1-4-18(30)28-6-5-14(10-28)29-11-15(19-21(24)26-23(25)27-22(19)29)17-9-13-7-12(2)8-16(31-3)20(13)32-17/h4,13-15,17,20H,1,5-12,16H2,2-3H3,(H2,30,31,32);4,7-9,11,14H,1,5-6,10H2,2-3H3,(H4,24,25,26,27). The largest absolute Gasteiger partial charge is 0.495 e. The second-order valence-electron chi connectivity index (χ2n) is 18.3. The molecule has 0 aliphatic carbocycles. The Kier molecular flexibility index (Phi) is 13.5. The molecule has 374 valence electrons. The summed E-state index contributed by atoms with van der Waals surface area (Å²) in [6, 6.07) is 13.1. The van der Waals surface area contributed by atoms with Gasteiger partial charge in [-0.15, -0.1) is 22.7 Å². The van der Waals surface area contributed by atoms with Crippen molar-refractivity contribution in [2.45, 2.75) is 38.8 Å². The molecule has 8 aromatic rings. The number of nitrogens with two attached hydrogens (primary N) is 3. The van der Waals surface area contributed by atoms with Crippen LogP contribution < -0.4 is 31.4 Å². The Balaban J connectivity index is 0.000000170. The summed E-state index contributed by atoms with van der Waals surface area (Å²) in [7, 11) is 3.38. The first-order valence-electron chi connectivity index (χ1n) is 23.9. The number of rotatable bonds is 12. The SMILES string of the molecule is C=CC(=O)N1CCC(n2cc(-c3cc4cc(C)cc(OC)c4s3)c3c(N)nc(N)nc32)C1.C=CC(=O)N1CCC(n2cc(-c3cc4cc(C)cc(OC)c4s3)c3c(N)nc(OCCN4CCOCC4)nc32)C1. The van der Waals surface area contributed by atoms with Crippen molar-refractivity contribution in [3.8, 4) is 38.4 Å². The van der Waals surface area contributed by atoms with Gasteiger partial charge in [-0.25, -0.2) is 0 Å². The molecule has 3 aliphatic rings. The number of hydrogen-bond acceptors (Lipinski definition) is 16. The van der Waals surface area contributed by atoms with Crippen molar-refractivity contribution in [3.63, 3.8) is 0 Å². The molecule has 3 fully saturated rings. The summed E-state index contributed by atoms with van der Waals surface area (Å²) in [4.78, 5) is 50.6. The van der Waals surface area contributed by atoms with Gasteiger partial charge in [-0.2, -0.15) is 19.9 Å². The number of amides is 2. The number of aromatic nitrogens is 6. The molecule has 11 rings (SSSR count). The number of methoxy groups -OCH3 is 2. The van der Waals surface area contributed by atoms with Crippen LogP contribution in [-0.4, -0.2) is 135 Å². The lowest BCUT2D eigenvalue weighted by Crippen LogP contribution is -2.38. The zero-order valence-electron chi connectivity index (χ0n) is 40.9. The van der Waals surface area contributed by atoms with Gasteiger partial charge < -0.3 is 55.1 Å². The van der Waals surface area contributed by atoms with Gasteiger partial charge in [-0.1, -0.05) is 25.3 Å². The fraction of sp³-hybridized carbons (Fsp3) is 0.346. The molecule has 2 atom stereocenters. The normalized spacial score (nSPS) is 17.2. The Morgan fingerprint density at radius 2 is 1.21 bits per heavy atom. The summed E-state index contributed by atoms with van der Waals surface area (Å²) in [6.07, 6.45) is 8.50. The van der Waals surface area contributed by atoms with E-state index in [1.165, 1.54) is 12.2 Å². The van der Waals surface area contributed by atoms with Gasteiger partial charge in [0.05, 0.1) is 59.7 Å². The smallest absolute Gasteiger partial charge is 0.320 e. The number of morpholine rings is 1. The van der Waals surface area contributed by atoms with Gasteiger partial charge in [0.25, 0.3) is 0 Å². The van der Waals surface area contributed by atoms with Crippen molar-refractivity contribution in [1.82, 2.24) is 43.8 Å². The quantitative estimate of drug-likeness (QED) is 0.100. The van der Waals surface area contributed by atoms with E-state index < -0.39 is 0 Å². The summed E-state index contributed by atoms with van der Waals surface area (Å²) >= 11 is 3.30. The highest BCUT2D eigenvalue weighted by atomic mass is 32.1. The highest BCUT2D eigenvalue weighted by Gasteiger charge is 2.32. The van der Waals surface area contributed by atoms with E-state index in [-0.39, 0.29) is 35.9 Å². The van der Waals surface area contributed by atoms with E-state index in [4.69, 9.17) is 41.1 Å². The van der Waals surface area contributed by atoms with E-state index in [1.807, 2.05) is 17.0 Å². The number of fused-ring (bicyclic) bond motifs is 4. The van der Waals surface area contributed by atoms with Crippen LogP contribution in [0.25, 0.3) is 63.1 Å². The minimum atomic E-state index is -0.0650. The third-order valence-corrected chi connectivity index (χ3v) is 16.0.